The van der Waals surface area contributed by atoms with Crippen LogP contribution in [0.3, 0.4) is 0 Å². The molecule has 112 valence electrons. The molecule has 0 unspecified atom stereocenters. The summed E-state index contributed by atoms with van der Waals surface area (Å²) >= 11 is 2.07. The highest BCUT2D eigenvalue weighted by molar-refractivity contribution is 14.1. The van der Waals surface area contributed by atoms with Gasteiger partial charge in [0.05, 0.1) is 15.6 Å². The van der Waals surface area contributed by atoms with Gasteiger partial charge in [-0.25, -0.2) is 8.42 Å². The maximum Gasteiger partial charge on any atom is 0.243 e. The van der Waals surface area contributed by atoms with Crippen LogP contribution in [-0.2, 0) is 16.6 Å². The topological polar surface area (TPSA) is 46.6 Å². The summed E-state index contributed by atoms with van der Waals surface area (Å²) in [5.41, 5.74) is 0.951. The molecule has 0 atom stereocenters. The van der Waals surface area contributed by atoms with Crippen LogP contribution in [0.25, 0.3) is 0 Å². The van der Waals surface area contributed by atoms with E-state index in [0.717, 1.165) is 9.13 Å². The van der Waals surface area contributed by atoms with Gasteiger partial charge in [-0.3, -0.25) is 0 Å². The molecule has 0 aliphatic carbocycles. The molecular formula is C15H16INO3S. The van der Waals surface area contributed by atoms with E-state index in [1.54, 1.807) is 32.4 Å². The molecule has 2 aromatic rings. The van der Waals surface area contributed by atoms with Crippen LogP contribution < -0.4 is 4.74 Å². The predicted octanol–water partition coefficient (Wildman–Crippen LogP) is 3.12. The van der Waals surface area contributed by atoms with Crippen molar-refractivity contribution in [2.75, 3.05) is 14.2 Å². The van der Waals surface area contributed by atoms with Gasteiger partial charge in [-0.2, -0.15) is 4.31 Å². The Kier molecular flexibility index (Phi) is 5.23. The van der Waals surface area contributed by atoms with Crippen LogP contribution in [0, 0.1) is 3.57 Å². The molecule has 0 N–H and O–H groups in total. The van der Waals surface area contributed by atoms with Crippen LogP contribution in [0.2, 0.25) is 0 Å². The number of rotatable bonds is 5. The summed E-state index contributed by atoms with van der Waals surface area (Å²) < 4.78 is 32.4. The van der Waals surface area contributed by atoms with Crippen molar-refractivity contribution in [3.63, 3.8) is 0 Å². The minimum atomic E-state index is -3.51. The molecule has 0 amide bonds. The van der Waals surface area contributed by atoms with E-state index in [4.69, 9.17) is 4.74 Å². The molecule has 2 aromatic carbocycles. The monoisotopic (exact) mass is 417 g/mol. The van der Waals surface area contributed by atoms with Gasteiger partial charge in [0.15, 0.2) is 0 Å². The first-order valence-electron chi connectivity index (χ1n) is 6.29. The van der Waals surface area contributed by atoms with E-state index in [1.165, 1.54) is 4.31 Å². The average molecular weight is 417 g/mol. The van der Waals surface area contributed by atoms with Gasteiger partial charge in [-0.15, -0.1) is 0 Å². The zero-order valence-electron chi connectivity index (χ0n) is 11.8. The first-order valence-corrected chi connectivity index (χ1v) is 8.81. The minimum absolute atomic E-state index is 0.270. The van der Waals surface area contributed by atoms with Crippen LogP contribution in [0.4, 0.5) is 0 Å². The molecule has 0 saturated heterocycles. The normalized spacial score (nSPS) is 11.6. The van der Waals surface area contributed by atoms with Crippen LogP contribution in [0.1, 0.15) is 5.56 Å². The van der Waals surface area contributed by atoms with Crippen molar-refractivity contribution >= 4 is 32.6 Å². The highest BCUT2D eigenvalue weighted by Gasteiger charge is 2.21. The summed E-state index contributed by atoms with van der Waals surface area (Å²) in [6, 6.07) is 14.4. The van der Waals surface area contributed by atoms with E-state index in [-0.39, 0.29) is 4.90 Å². The summed E-state index contributed by atoms with van der Waals surface area (Å²) in [7, 11) is -0.366. The van der Waals surface area contributed by atoms with E-state index < -0.39 is 10.0 Å². The molecule has 4 nitrogen and oxygen atoms in total. The van der Waals surface area contributed by atoms with Gasteiger partial charge in [0.25, 0.3) is 0 Å². The lowest BCUT2D eigenvalue weighted by atomic mass is 10.2. The number of hydrogen-bond acceptors (Lipinski definition) is 3. The Morgan fingerprint density at radius 3 is 2.38 bits per heavy atom. The first-order chi connectivity index (χ1) is 9.95. The van der Waals surface area contributed by atoms with Crippen molar-refractivity contribution in [2.24, 2.45) is 0 Å². The standard InChI is InChI=1S/C15H16INO3S/c1-17(11-12-6-4-3-5-7-12)21(18,19)13-8-9-15(20-2)14(16)10-13/h3-10H,11H2,1-2H3. The predicted molar refractivity (Wildman–Crippen MR) is 90.8 cm³/mol. The number of benzene rings is 2. The van der Waals surface area contributed by atoms with Gasteiger partial charge in [-0.05, 0) is 46.4 Å². The third-order valence-electron chi connectivity index (χ3n) is 3.08. The van der Waals surface area contributed by atoms with Crippen molar-refractivity contribution < 1.29 is 13.2 Å². The van der Waals surface area contributed by atoms with E-state index >= 15 is 0 Å². The molecule has 0 aliphatic heterocycles. The molecule has 0 radical (unpaired) electrons. The zero-order valence-corrected chi connectivity index (χ0v) is 14.8. The lowest BCUT2D eigenvalue weighted by molar-refractivity contribution is 0.411. The molecular weight excluding hydrogens is 401 g/mol. The second kappa shape index (κ2) is 6.76. The Morgan fingerprint density at radius 2 is 1.81 bits per heavy atom. The molecule has 2 rings (SSSR count). The summed E-state index contributed by atoms with van der Waals surface area (Å²) in [4.78, 5) is 0.270. The fourth-order valence-corrected chi connectivity index (χ4v) is 4.05. The Morgan fingerprint density at radius 1 is 1.14 bits per heavy atom. The maximum atomic E-state index is 12.6. The third-order valence-corrected chi connectivity index (χ3v) is 5.72. The fraction of sp³-hybridized carbons (Fsp3) is 0.200. The maximum absolute atomic E-state index is 12.6. The van der Waals surface area contributed by atoms with Crippen LogP contribution >= 0.6 is 22.6 Å². The average Bonchev–Trinajstić information content (AvgIpc) is 2.48. The molecule has 0 fully saturated rings. The van der Waals surface area contributed by atoms with Crippen LogP contribution in [0.15, 0.2) is 53.4 Å². The fourth-order valence-electron chi connectivity index (χ4n) is 1.91. The van der Waals surface area contributed by atoms with Crippen LogP contribution in [0.5, 0.6) is 5.75 Å². The summed E-state index contributed by atoms with van der Waals surface area (Å²) in [6.07, 6.45) is 0. The van der Waals surface area contributed by atoms with Gasteiger partial charge in [0.2, 0.25) is 10.0 Å². The Balaban J connectivity index is 2.27. The minimum Gasteiger partial charge on any atom is -0.496 e. The van der Waals surface area contributed by atoms with Crippen molar-refractivity contribution in [1.29, 1.82) is 0 Å². The van der Waals surface area contributed by atoms with Gasteiger partial charge in [-0.1, -0.05) is 30.3 Å². The lowest BCUT2D eigenvalue weighted by Crippen LogP contribution is -2.26. The highest BCUT2D eigenvalue weighted by atomic mass is 127. The molecule has 0 spiro atoms. The molecule has 0 bridgehead atoms. The third kappa shape index (κ3) is 3.75. The largest absolute Gasteiger partial charge is 0.496 e. The Labute approximate surface area is 138 Å². The molecule has 21 heavy (non-hydrogen) atoms. The number of methoxy groups -OCH3 is 1. The SMILES string of the molecule is COc1ccc(S(=O)(=O)N(C)Cc2ccccc2)cc1I. The van der Waals surface area contributed by atoms with E-state index in [1.807, 2.05) is 30.3 Å². The Bertz CT molecular complexity index is 717. The molecule has 0 heterocycles. The summed E-state index contributed by atoms with van der Waals surface area (Å²) in [6.45, 7) is 0.339. The quantitative estimate of drug-likeness (QED) is 0.703. The number of nitrogens with zero attached hydrogens (tertiary/aromatic N) is 1. The Hall–Kier alpha value is -1.12. The number of sulfonamides is 1. The van der Waals surface area contributed by atoms with Crippen molar-refractivity contribution in [2.45, 2.75) is 11.4 Å². The second-order valence-electron chi connectivity index (χ2n) is 4.54. The van der Waals surface area contributed by atoms with Crippen LogP contribution in [-0.4, -0.2) is 26.9 Å². The second-order valence-corrected chi connectivity index (χ2v) is 7.75. The summed E-state index contributed by atoms with van der Waals surface area (Å²) in [5.74, 6) is 0.667. The summed E-state index contributed by atoms with van der Waals surface area (Å²) in [5, 5.41) is 0. The molecule has 0 saturated carbocycles. The number of hydrogen-bond donors (Lipinski definition) is 0. The smallest absolute Gasteiger partial charge is 0.243 e. The molecule has 6 heteroatoms. The number of halogens is 1. The molecule has 0 aromatic heterocycles. The molecule has 0 aliphatic rings. The van der Waals surface area contributed by atoms with Crippen molar-refractivity contribution in [3.05, 3.63) is 57.7 Å². The van der Waals surface area contributed by atoms with Gasteiger partial charge in [0, 0.05) is 13.6 Å². The van der Waals surface area contributed by atoms with Gasteiger partial charge in [0.1, 0.15) is 5.75 Å². The first kappa shape index (κ1) is 16.3. The van der Waals surface area contributed by atoms with Gasteiger partial charge < -0.3 is 4.74 Å². The van der Waals surface area contributed by atoms with E-state index in [0.29, 0.717) is 12.3 Å². The lowest BCUT2D eigenvalue weighted by Gasteiger charge is -2.18. The zero-order chi connectivity index (χ0) is 15.5. The van der Waals surface area contributed by atoms with Crippen molar-refractivity contribution in [1.82, 2.24) is 4.31 Å². The van der Waals surface area contributed by atoms with Gasteiger partial charge >= 0.3 is 0 Å². The van der Waals surface area contributed by atoms with Crippen molar-refractivity contribution in [3.8, 4) is 5.75 Å². The van der Waals surface area contributed by atoms with E-state index in [9.17, 15) is 8.42 Å². The van der Waals surface area contributed by atoms with E-state index in [2.05, 4.69) is 22.6 Å². The number of ether oxygens (including phenoxy) is 1. The highest BCUT2D eigenvalue weighted by Crippen LogP contribution is 2.25.